The highest BCUT2D eigenvalue weighted by molar-refractivity contribution is 9.10. The summed E-state index contributed by atoms with van der Waals surface area (Å²) >= 11 is 5.17. The van der Waals surface area contributed by atoms with E-state index in [0.29, 0.717) is 6.61 Å². The maximum absolute atomic E-state index is 5.52. The molecule has 0 saturated heterocycles. The van der Waals surface area contributed by atoms with Crippen LogP contribution in [0.3, 0.4) is 0 Å². The highest BCUT2D eigenvalue weighted by atomic mass is 79.9. The van der Waals surface area contributed by atoms with Gasteiger partial charge in [0, 0.05) is 27.8 Å². The number of halogens is 1. The Hall–Kier alpha value is 0.0600. The summed E-state index contributed by atoms with van der Waals surface area (Å²) in [6, 6.07) is 2.28. The number of hydrogen-bond donors (Lipinski definition) is 2. The lowest BCUT2D eigenvalue weighted by Crippen LogP contribution is -2.45. The van der Waals surface area contributed by atoms with Crippen LogP contribution in [0, 0.1) is 0 Å². The van der Waals surface area contributed by atoms with Gasteiger partial charge in [0.15, 0.2) is 0 Å². The highest BCUT2D eigenvalue weighted by Gasteiger charge is 2.17. The first kappa shape index (κ1) is 13.1. The molecule has 15 heavy (non-hydrogen) atoms. The van der Waals surface area contributed by atoms with Crippen molar-refractivity contribution in [2.24, 2.45) is 5.84 Å². The molecule has 0 bridgehead atoms. The molecule has 0 aliphatic carbocycles. The molecule has 2 unspecified atom stereocenters. The zero-order valence-corrected chi connectivity index (χ0v) is 11.4. The van der Waals surface area contributed by atoms with Gasteiger partial charge in [0.2, 0.25) is 0 Å². The van der Waals surface area contributed by atoms with Gasteiger partial charge in [-0.25, -0.2) is 0 Å². The molecule has 0 fully saturated rings. The van der Waals surface area contributed by atoms with Crippen LogP contribution < -0.4 is 11.3 Å². The minimum atomic E-state index is 0.126. The second-order valence-corrected chi connectivity index (χ2v) is 5.28. The third kappa shape index (κ3) is 4.20. The first-order chi connectivity index (χ1) is 7.17. The molecule has 2 atom stereocenters. The molecule has 1 aromatic rings. The van der Waals surface area contributed by atoms with Gasteiger partial charge in [0.1, 0.15) is 0 Å². The lowest BCUT2D eigenvalue weighted by atomic mass is 10.1. The van der Waals surface area contributed by atoms with Gasteiger partial charge >= 0.3 is 0 Å². The molecule has 0 aliphatic heterocycles. The van der Waals surface area contributed by atoms with Gasteiger partial charge in [-0.1, -0.05) is 0 Å². The molecule has 3 nitrogen and oxygen atoms in total. The number of nitrogens with two attached hydrogens (primary N) is 1. The summed E-state index contributed by atoms with van der Waals surface area (Å²) in [5.74, 6) is 5.52. The van der Waals surface area contributed by atoms with Gasteiger partial charge in [0.25, 0.3) is 0 Å². The maximum Gasteiger partial charge on any atom is 0.0716 e. The minimum Gasteiger partial charge on any atom is -0.377 e. The van der Waals surface area contributed by atoms with Crippen molar-refractivity contribution in [3.05, 3.63) is 20.8 Å². The average molecular weight is 293 g/mol. The van der Waals surface area contributed by atoms with Crippen LogP contribution in [0.5, 0.6) is 0 Å². The molecule has 0 spiro atoms. The predicted molar refractivity (Wildman–Crippen MR) is 67.9 cm³/mol. The lowest BCUT2D eigenvalue weighted by molar-refractivity contribution is 0.0478. The van der Waals surface area contributed by atoms with Crippen LogP contribution in [0.2, 0.25) is 0 Å². The second kappa shape index (κ2) is 6.60. The molecular formula is C10H17BrN2OS. The topological polar surface area (TPSA) is 47.3 Å². The first-order valence-corrected chi connectivity index (χ1v) is 6.65. The van der Waals surface area contributed by atoms with Gasteiger partial charge in [0.05, 0.1) is 12.1 Å². The van der Waals surface area contributed by atoms with Crippen LogP contribution in [0.25, 0.3) is 0 Å². The molecule has 1 rings (SSSR count). The third-order valence-corrected chi connectivity index (χ3v) is 3.97. The van der Waals surface area contributed by atoms with E-state index in [2.05, 4.69) is 32.8 Å². The van der Waals surface area contributed by atoms with E-state index in [1.165, 1.54) is 4.88 Å². The van der Waals surface area contributed by atoms with E-state index in [1.807, 2.05) is 13.8 Å². The van der Waals surface area contributed by atoms with Gasteiger partial charge < -0.3 is 4.74 Å². The summed E-state index contributed by atoms with van der Waals surface area (Å²) in [6.07, 6.45) is 1.02. The number of rotatable bonds is 6. The van der Waals surface area contributed by atoms with Crippen LogP contribution >= 0.6 is 27.3 Å². The van der Waals surface area contributed by atoms with Crippen LogP contribution in [-0.2, 0) is 11.2 Å². The van der Waals surface area contributed by atoms with Crippen molar-refractivity contribution in [2.45, 2.75) is 32.4 Å². The SMILES string of the molecule is CCOC(C)C(Cc1cc(Br)cs1)NN. The lowest BCUT2D eigenvalue weighted by Gasteiger charge is -2.22. The fourth-order valence-corrected chi connectivity index (χ4v) is 2.93. The zero-order chi connectivity index (χ0) is 11.3. The number of ether oxygens (including phenoxy) is 1. The molecule has 0 aliphatic rings. The Balaban J connectivity index is 2.53. The Bertz CT molecular complexity index is 293. The van der Waals surface area contributed by atoms with E-state index < -0.39 is 0 Å². The van der Waals surface area contributed by atoms with Crippen LogP contribution in [0.4, 0.5) is 0 Å². The summed E-state index contributed by atoms with van der Waals surface area (Å²) in [5, 5.41) is 2.08. The monoisotopic (exact) mass is 292 g/mol. The van der Waals surface area contributed by atoms with Crippen LogP contribution in [0.15, 0.2) is 15.9 Å². The number of thiophene rings is 1. The Kier molecular flexibility index (Phi) is 5.78. The van der Waals surface area contributed by atoms with Crippen molar-refractivity contribution in [3.63, 3.8) is 0 Å². The molecule has 0 amide bonds. The molecule has 3 N–H and O–H groups in total. The largest absolute Gasteiger partial charge is 0.377 e. The smallest absolute Gasteiger partial charge is 0.0716 e. The van der Waals surface area contributed by atoms with E-state index in [9.17, 15) is 0 Å². The number of nitrogens with one attached hydrogen (secondary N) is 1. The van der Waals surface area contributed by atoms with Crippen molar-refractivity contribution in [1.82, 2.24) is 5.43 Å². The van der Waals surface area contributed by atoms with E-state index in [4.69, 9.17) is 10.6 Å². The van der Waals surface area contributed by atoms with Crippen LogP contribution in [-0.4, -0.2) is 18.8 Å². The molecule has 86 valence electrons. The van der Waals surface area contributed by atoms with E-state index in [1.54, 1.807) is 11.3 Å². The fourth-order valence-electron chi connectivity index (χ4n) is 1.42. The van der Waals surface area contributed by atoms with Gasteiger partial charge in [-0.15, -0.1) is 11.3 Å². The van der Waals surface area contributed by atoms with Gasteiger partial charge in [-0.05, 0) is 35.8 Å². The number of hydrazine groups is 1. The van der Waals surface area contributed by atoms with Crippen molar-refractivity contribution in [1.29, 1.82) is 0 Å². The highest BCUT2D eigenvalue weighted by Crippen LogP contribution is 2.21. The molecule has 5 heteroatoms. The second-order valence-electron chi connectivity index (χ2n) is 3.37. The minimum absolute atomic E-state index is 0.126. The summed E-state index contributed by atoms with van der Waals surface area (Å²) in [4.78, 5) is 1.30. The average Bonchev–Trinajstić information content (AvgIpc) is 2.61. The standard InChI is InChI=1S/C10H17BrN2OS/c1-3-14-7(2)10(13-12)5-9-4-8(11)6-15-9/h4,6-7,10,13H,3,5,12H2,1-2H3. The summed E-state index contributed by atoms with van der Waals surface area (Å²) in [7, 11) is 0. The van der Waals surface area contributed by atoms with Gasteiger partial charge in [-0.3, -0.25) is 11.3 Å². The summed E-state index contributed by atoms with van der Waals surface area (Å²) in [5.41, 5.74) is 2.81. The quantitative estimate of drug-likeness (QED) is 0.625. The van der Waals surface area contributed by atoms with E-state index in [-0.39, 0.29) is 12.1 Å². The third-order valence-electron chi connectivity index (χ3n) is 2.25. The molecular weight excluding hydrogens is 276 g/mol. The van der Waals surface area contributed by atoms with Crippen LogP contribution in [0.1, 0.15) is 18.7 Å². The van der Waals surface area contributed by atoms with Crippen molar-refractivity contribution in [3.8, 4) is 0 Å². The molecule has 0 saturated carbocycles. The molecule has 1 heterocycles. The Morgan fingerprint density at radius 1 is 1.67 bits per heavy atom. The van der Waals surface area contributed by atoms with Gasteiger partial charge in [-0.2, -0.15) is 0 Å². The molecule has 0 aromatic carbocycles. The molecule has 0 radical (unpaired) electrons. The Morgan fingerprint density at radius 3 is 2.87 bits per heavy atom. The summed E-state index contributed by atoms with van der Waals surface area (Å²) < 4.78 is 6.65. The molecule has 1 aromatic heterocycles. The zero-order valence-electron chi connectivity index (χ0n) is 9.00. The van der Waals surface area contributed by atoms with Crippen molar-refractivity contribution >= 4 is 27.3 Å². The number of hydrogen-bond acceptors (Lipinski definition) is 4. The summed E-state index contributed by atoms with van der Waals surface area (Å²) in [6.45, 7) is 4.75. The predicted octanol–water partition coefficient (Wildman–Crippen LogP) is 2.31. The maximum atomic E-state index is 5.52. The Labute approximate surface area is 103 Å². The Morgan fingerprint density at radius 2 is 2.40 bits per heavy atom. The normalized spacial score (nSPS) is 15.2. The van der Waals surface area contributed by atoms with E-state index >= 15 is 0 Å². The fraction of sp³-hybridized carbons (Fsp3) is 0.600. The first-order valence-electron chi connectivity index (χ1n) is 4.98. The van der Waals surface area contributed by atoms with E-state index in [0.717, 1.165) is 10.9 Å². The van der Waals surface area contributed by atoms with Crippen molar-refractivity contribution in [2.75, 3.05) is 6.61 Å². The van der Waals surface area contributed by atoms with Crippen molar-refractivity contribution < 1.29 is 4.74 Å².